The van der Waals surface area contributed by atoms with Crippen LogP contribution in [0.4, 0.5) is 5.82 Å². The predicted octanol–water partition coefficient (Wildman–Crippen LogP) is 3.07. The number of benzene rings is 1. The summed E-state index contributed by atoms with van der Waals surface area (Å²) in [5, 5.41) is 2.77. The number of rotatable bonds is 3. The summed E-state index contributed by atoms with van der Waals surface area (Å²) in [5.41, 5.74) is 0.927. The third-order valence-corrected chi connectivity index (χ3v) is 2.88. The summed E-state index contributed by atoms with van der Waals surface area (Å²) in [7, 11) is 0. The molecule has 0 saturated heterocycles. The molecule has 0 aliphatic heterocycles. The van der Waals surface area contributed by atoms with Crippen LogP contribution in [0.15, 0.2) is 41.0 Å². The molecule has 0 radical (unpaired) electrons. The number of carbonyl (C=O) groups excluding carboxylic acids is 1. The molecule has 0 saturated carbocycles. The largest absolute Gasteiger partial charge is 0.310 e. The molecular weight excluding hydrogens is 318 g/mol. The first-order valence-electron chi connectivity index (χ1n) is 5.16. The molecule has 1 aromatic carbocycles. The number of hydrogen-bond acceptors (Lipinski definition) is 3. The molecule has 1 heterocycles. The molecule has 0 aliphatic rings. The van der Waals surface area contributed by atoms with Gasteiger partial charge in [0.1, 0.15) is 5.82 Å². The van der Waals surface area contributed by atoms with Gasteiger partial charge in [0.05, 0.1) is 6.42 Å². The minimum atomic E-state index is -0.146. The maximum absolute atomic E-state index is 11.8. The molecule has 2 aromatic rings. The van der Waals surface area contributed by atoms with Crippen LogP contribution in [0, 0.1) is 0 Å². The number of anilines is 1. The van der Waals surface area contributed by atoms with Crippen molar-refractivity contribution in [1.82, 2.24) is 9.97 Å². The fraction of sp³-hybridized carbons (Fsp3) is 0.0833. The number of aromatic nitrogens is 2. The topological polar surface area (TPSA) is 54.9 Å². The Morgan fingerprint density at radius 2 is 2.00 bits per heavy atom. The summed E-state index contributed by atoms with van der Waals surface area (Å²) in [6.45, 7) is 0. The summed E-state index contributed by atoms with van der Waals surface area (Å²) >= 11 is 8.97. The highest BCUT2D eigenvalue weighted by Crippen LogP contribution is 2.12. The lowest BCUT2D eigenvalue weighted by atomic mass is 10.1. The Kier molecular flexibility index (Phi) is 4.28. The molecule has 0 bridgehead atoms. The molecule has 0 aliphatic carbocycles. The van der Waals surface area contributed by atoms with Crippen molar-refractivity contribution >= 4 is 39.3 Å². The van der Waals surface area contributed by atoms with Crippen molar-refractivity contribution in [2.24, 2.45) is 0 Å². The zero-order valence-corrected chi connectivity index (χ0v) is 11.6. The molecule has 1 amide bonds. The van der Waals surface area contributed by atoms with Gasteiger partial charge in [-0.3, -0.25) is 4.79 Å². The maximum atomic E-state index is 11.8. The molecule has 4 nitrogen and oxygen atoms in total. The van der Waals surface area contributed by atoms with E-state index in [2.05, 4.69) is 31.2 Å². The van der Waals surface area contributed by atoms with Crippen LogP contribution in [0.1, 0.15) is 5.56 Å². The summed E-state index contributed by atoms with van der Waals surface area (Å²) in [4.78, 5) is 19.4. The summed E-state index contributed by atoms with van der Waals surface area (Å²) in [6.07, 6.45) is 1.78. The number of nitrogens with one attached hydrogen (secondary N) is 1. The van der Waals surface area contributed by atoms with Crippen LogP contribution < -0.4 is 5.32 Å². The van der Waals surface area contributed by atoms with Gasteiger partial charge in [0.15, 0.2) is 0 Å². The molecule has 0 fully saturated rings. The van der Waals surface area contributed by atoms with Crippen molar-refractivity contribution in [1.29, 1.82) is 0 Å². The fourth-order valence-corrected chi connectivity index (χ4v) is 1.79. The van der Waals surface area contributed by atoms with Gasteiger partial charge >= 0.3 is 0 Å². The third-order valence-electron chi connectivity index (χ3n) is 2.17. The van der Waals surface area contributed by atoms with Crippen LogP contribution in [-0.2, 0) is 11.2 Å². The van der Waals surface area contributed by atoms with Gasteiger partial charge in [0.2, 0.25) is 11.2 Å². The van der Waals surface area contributed by atoms with E-state index in [4.69, 9.17) is 11.6 Å². The summed E-state index contributed by atoms with van der Waals surface area (Å²) in [6, 6.07) is 9.15. The Morgan fingerprint density at radius 3 is 2.67 bits per heavy atom. The van der Waals surface area contributed by atoms with Crippen LogP contribution in [0.5, 0.6) is 0 Å². The Balaban J connectivity index is 1.98. The lowest BCUT2D eigenvalue weighted by Gasteiger charge is -2.04. The monoisotopic (exact) mass is 325 g/mol. The lowest BCUT2D eigenvalue weighted by Crippen LogP contribution is -2.15. The summed E-state index contributed by atoms with van der Waals surface area (Å²) in [5.74, 6) is 0.254. The van der Waals surface area contributed by atoms with E-state index in [-0.39, 0.29) is 17.6 Å². The van der Waals surface area contributed by atoms with Crippen molar-refractivity contribution in [3.63, 3.8) is 0 Å². The summed E-state index contributed by atoms with van der Waals surface area (Å²) < 4.78 is 0.981. The Labute approximate surface area is 118 Å². The fourth-order valence-electron chi connectivity index (χ4n) is 1.38. The van der Waals surface area contributed by atoms with E-state index in [1.54, 1.807) is 6.07 Å². The second kappa shape index (κ2) is 5.93. The highest BCUT2D eigenvalue weighted by Gasteiger charge is 2.05. The minimum Gasteiger partial charge on any atom is -0.310 e. The standard InChI is InChI=1S/C12H9BrClN3O/c13-9-3-1-8(2-4-9)7-11(18)16-10-5-6-15-12(14)17-10/h1-6H,7H2,(H,15,16,17,18). The quantitative estimate of drug-likeness (QED) is 0.882. The van der Waals surface area contributed by atoms with Crippen LogP contribution in [0.3, 0.4) is 0 Å². The first-order valence-corrected chi connectivity index (χ1v) is 6.33. The Bertz CT molecular complexity index is 560. The number of carbonyl (C=O) groups is 1. The highest BCUT2D eigenvalue weighted by molar-refractivity contribution is 9.10. The zero-order valence-electron chi connectivity index (χ0n) is 9.23. The second-order valence-electron chi connectivity index (χ2n) is 3.56. The van der Waals surface area contributed by atoms with Gasteiger partial charge in [-0.1, -0.05) is 28.1 Å². The molecule has 2 rings (SSSR count). The van der Waals surface area contributed by atoms with E-state index >= 15 is 0 Å². The van der Waals surface area contributed by atoms with Gasteiger partial charge in [-0.15, -0.1) is 0 Å². The first kappa shape index (κ1) is 13.0. The molecule has 1 aromatic heterocycles. The van der Waals surface area contributed by atoms with Crippen LogP contribution in [0.25, 0.3) is 0 Å². The van der Waals surface area contributed by atoms with Crippen LogP contribution in [-0.4, -0.2) is 15.9 Å². The normalized spacial score (nSPS) is 10.1. The van der Waals surface area contributed by atoms with E-state index in [0.717, 1.165) is 10.0 Å². The van der Waals surface area contributed by atoms with Crippen molar-refractivity contribution < 1.29 is 4.79 Å². The smallest absolute Gasteiger partial charge is 0.229 e. The Morgan fingerprint density at radius 1 is 1.28 bits per heavy atom. The maximum Gasteiger partial charge on any atom is 0.229 e. The highest BCUT2D eigenvalue weighted by atomic mass is 79.9. The molecule has 1 N–H and O–H groups in total. The molecule has 6 heteroatoms. The number of nitrogens with zero attached hydrogens (tertiary/aromatic N) is 2. The predicted molar refractivity (Wildman–Crippen MR) is 73.5 cm³/mol. The Hall–Kier alpha value is -1.46. The van der Waals surface area contributed by atoms with Gasteiger partial charge in [-0.05, 0) is 35.4 Å². The molecule has 0 atom stereocenters. The van der Waals surface area contributed by atoms with E-state index in [1.165, 1.54) is 6.20 Å². The van der Waals surface area contributed by atoms with Crippen LogP contribution >= 0.6 is 27.5 Å². The minimum absolute atomic E-state index is 0.108. The second-order valence-corrected chi connectivity index (χ2v) is 4.82. The zero-order chi connectivity index (χ0) is 13.0. The van der Waals surface area contributed by atoms with Crippen LogP contribution in [0.2, 0.25) is 5.28 Å². The number of halogens is 2. The molecule has 92 valence electrons. The first-order chi connectivity index (χ1) is 8.63. The molecule has 18 heavy (non-hydrogen) atoms. The van der Waals surface area contributed by atoms with E-state index in [9.17, 15) is 4.79 Å². The molecule has 0 spiro atoms. The number of amides is 1. The average Bonchev–Trinajstić information content (AvgIpc) is 2.32. The van der Waals surface area contributed by atoms with Gasteiger partial charge in [0, 0.05) is 10.7 Å². The van der Waals surface area contributed by atoms with Crippen molar-refractivity contribution in [3.05, 3.63) is 51.8 Å². The van der Waals surface area contributed by atoms with Gasteiger partial charge in [-0.2, -0.15) is 0 Å². The van der Waals surface area contributed by atoms with Crippen molar-refractivity contribution in [2.75, 3.05) is 5.32 Å². The van der Waals surface area contributed by atoms with Gasteiger partial charge in [0.25, 0.3) is 0 Å². The van der Waals surface area contributed by atoms with Gasteiger partial charge in [-0.25, -0.2) is 9.97 Å². The molecule has 0 unspecified atom stereocenters. The lowest BCUT2D eigenvalue weighted by molar-refractivity contribution is -0.115. The third kappa shape index (κ3) is 3.78. The van der Waals surface area contributed by atoms with Crippen molar-refractivity contribution in [3.8, 4) is 0 Å². The van der Waals surface area contributed by atoms with Crippen molar-refractivity contribution in [2.45, 2.75) is 6.42 Å². The number of hydrogen-bond donors (Lipinski definition) is 1. The van der Waals surface area contributed by atoms with E-state index in [1.807, 2.05) is 24.3 Å². The van der Waals surface area contributed by atoms with E-state index in [0.29, 0.717) is 5.82 Å². The average molecular weight is 327 g/mol. The molecular formula is C12H9BrClN3O. The van der Waals surface area contributed by atoms with Gasteiger partial charge < -0.3 is 5.32 Å². The SMILES string of the molecule is O=C(Cc1ccc(Br)cc1)Nc1ccnc(Cl)n1. The van der Waals surface area contributed by atoms with E-state index < -0.39 is 0 Å².